The number of nitrogens with one attached hydrogen (secondary N) is 1. The first-order valence-corrected chi connectivity index (χ1v) is 7.77. The maximum Gasteiger partial charge on any atom is 0.189 e. The maximum absolute atomic E-state index is 12.4. The zero-order valence-electron chi connectivity index (χ0n) is 13.2. The number of ether oxygens (including phenoxy) is 1. The molecule has 3 aromatic rings. The van der Waals surface area contributed by atoms with Crippen molar-refractivity contribution in [3.63, 3.8) is 0 Å². The smallest absolute Gasteiger partial charge is 0.189 e. The lowest BCUT2D eigenvalue weighted by Gasteiger charge is -1.99. The topological polar surface area (TPSA) is 55.0 Å². The van der Waals surface area contributed by atoms with E-state index in [1.54, 1.807) is 7.11 Å². The van der Waals surface area contributed by atoms with E-state index in [-0.39, 0.29) is 5.78 Å². The lowest BCUT2D eigenvalue weighted by Crippen LogP contribution is -1.94. The van der Waals surface area contributed by atoms with Crippen LogP contribution in [-0.4, -0.2) is 23.1 Å². The fourth-order valence-electron chi connectivity index (χ4n) is 2.98. The average Bonchev–Trinajstić information content (AvgIpc) is 3.21. The van der Waals surface area contributed by atoms with Gasteiger partial charge in [0.2, 0.25) is 0 Å². The minimum atomic E-state index is 0.103. The summed E-state index contributed by atoms with van der Waals surface area (Å²) >= 11 is 0. The van der Waals surface area contributed by atoms with Crippen LogP contribution in [0.2, 0.25) is 0 Å². The molecule has 0 amide bonds. The third-order valence-corrected chi connectivity index (χ3v) is 4.25. The van der Waals surface area contributed by atoms with Crippen LogP contribution < -0.4 is 4.74 Å². The normalized spacial score (nSPS) is 14.9. The number of carbonyl (C=O) groups is 1. The van der Waals surface area contributed by atoms with Gasteiger partial charge in [-0.3, -0.25) is 9.89 Å². The van der Waals surface area contributed by atoms with Crippen molar-refractivity contribution in [1.82, 2.24) is 10.2 Å². The third kappa shape index (κ3) is 2.52. The fraction of sp³-hybridized carbons (Fsp3) is 0.100. The molecule has 0 aliphatic heterocycles. The number of allylic oxidation sites excluding steroid dienone is 1. The first-order chi connectivity index (χ1) is 11.7. The number of aromatic amines is 1. The summed E-state index contributed by atoms with van der Waals surface area (Å²) in [7, 11) is 1.64. The molecule has 0 saturated carbocycles. The average molecular weight is 316 g/mol. The highest BCUT2D eigenvalue weighted by molar-refractivity contribution is 6.15. The second kappa shape index (κ2) is 5.81. The molecule has 4 heteroatoms. The molecule has 0 bridgehead atoms. The van der Waals surface area contributed by atoms with Crippen molar-refractivity contribution in [3.8, 4) is 17.0 Å². The van der Waals surface area contributed by atoms with E-state index in [1.165, 1.54) is 0 Å². The number of carbonyl (C=O) groups excluding carboxylic acids is 1. The number of hydrogen-bond donors (Lipinski definition) is 1. The predicted octanol–water partition coefficient (Wildman–Crippen LogP) is 3.91. The molecule has 118 valence electrons. The Labute approximate surface area is 139 Å². The Morgan fingerprint density at radius 3 is 2.67 bits per heavy atom. The molecule has 0 spiro atoms. The fourth-order valence-corrected chi connectivity index (χ4v) is 2.98. The quantitative estimate of drug-likeness (QED) is 0.745. The Kier molecular flexibility index (Phi) is 3.50. The highest BCUT2D eigenvalue weighted by Crippen LogP contribution is 2.28. The van der Waals surface area contributed by atoms with E-state index in [4.69, 9.17) is 4.74 Å². The third-order valence-electron chi connectivity index (χ3n) is 4.25. The molecule has 0 saturated heterocycles. The molecule has 4 nitrogen and oxygen atoms in total. The van der Waals surface area contributed by atoms with Crippen molar-refractivity contribution < 1.29 is 9.53 Å². The van der Waals surface area contributed by atoms with E-state index in [9.17, 15) is 4.79 Å². The Bertz CT molecular complexity index is 936. The van der Waals surface area contributed by atoms with Gasteiger partial charge in [0.15, 0.2) is 5.78 Å². The number of hydrogen-bond acceptors (Lipinski definition) is 3. The van der Waals surface area contributed by atoms with Crippen molar-refractivity contribution in [2.24, 2.45) is 0 Å². The molecule has 1 aliphatic rings. The zero-order valence-corrected chi connectivity index (χ0v) is 13.2. The van der Waals surface area contributed by atoms with Crippen LogP contribution in [-0.2, 0) is 6.42 Å². The Morgan fingerprint density at radius 2 is 1.92 bits per heavy atom. The maximum atomic E-state index is 12.4. The lowest BCUT2D eigenvalue weighted by atomic mass is 10.1. The lowest BCUT2D eigenvalue weighted by molar-refractivity contribution is 0.104. The van der Waals surface area contributed by atoms with Gasteiger partial charge in [-0.25, -0.2) is 0 Å². The van der Waals surface area contributed by atoms with Crippen molar-refractivity contribution >= 4 is 11.9 Å². The van der Waals surface area contributed by atoms with Crippen LogP contribution in [0.25, 0.3) is 17.3 Å². The first-order valence-electron chi connectivity index (χ1n) is 7.77. The van der Waals surface area contributed by atoms with Crippen molar-refractivity contribution in [1.29, 1.82) is 0 Å². The number of ketones is 1. The molecular weight excluding hydrogens is 300 g/mol. The minimum Gasteiger partial charge on any atom is -0.497 e. The minimum absolute atomic E-state index is 0.103. The van der Waals surface area contributed by atoms with Gasteiger partial charge in [-0.05, 0) is 42.0 Å². The number of nitrogens with zero attached hydrogens (tertiary/aromatic N) is 1. The molecule has 1 aromatic heterocycles. The number of fused-ring (bicyclic) bond motifs is 1. The zero-order chi connectivity index (χ0) is 16.5. The number of benzene rings is 2. The highest BCUT2D eigenvalue weighted by Gasteiger charge is 2.24. The van der Waals surface area contributed by atoms with Gasteiger partial charge < -0.3 is 4.74 Å². The Balaban J connectivity index is 1.61. The number of rotatable bonds is 3. The molecule has 1 N–H and O–H groups in total. The van der Waals surface area contributed by atoms with Crippen molar-refractivity contribution in [2.45, 2.75) is 6.42 Å². The summed E-state index contributed by atoms with van der Waals surface area (Å²) in [6.45, 7) is 0. The van der Waals surface area contributed by atoms with E-state index < -0.39 is 0 Å². The number of Topliss-reactive ketones (excluding diaryl/α,β-unsaturated/α-hetero) is 1. The molecule has 1 heterocycles. The van der Waals surface area contributed by atoms with Gasteiger partial charge in [0.25, 0.3) is 0 Å². The van der Waals surface area contributed by atoms with Crippen molar-refractivity contribution in [3.05, 3.63) is 77.0 Å². The first kappa shape index (κ1) is 14.5. The number of H-pyrrole nitrogens is 1. The molecule has 24 heavy (non-hydrogen) atoms. The second-order valence-corrected chi connectivity index (χ2v) is 5.77. The molecule has 2 aromatic carbocycles. The predicted molar refractivity (Wildman–Crippen MR) is 93.0 cm³/mol. The Morgan fingerprint density at radius 1 is 1.12 bits per heavy atom. The molecule has 0 atom stereocenters. The molecule has 4 rings (SSSR count). The summed E-state index contributed by atoms with van der Waals surface area (Å²) in [4.78, 5) is 12.4. The van der Waals surface area contributed by atoms with Crippen LogP contribution >= 0.6 is 0 Å². The molecule has 0 unspecified atom stereocenters. The van der Waals surface area contributed by atoms with Crippen LogP contribution in [0.15, 0.2) is 60.2 Å². The summed E-state index contributed by atoms with van der Waals surface area (Å²) in [6.07, 6.45) is 2.56. The monoisotopic (exact) mass is 316 g/mol. The van der Waals surface area contributed by atoms with Gasteiger partial charge >= 0.3 is 0 Å². The van der Waals surface area contributed by atoms with Gasteiger partial charge in [-0.1, -0.05) is 24.3 Å². The van der Waals surface area contributed by atoms with Gasteiger partial charge in [-0.2, -0.15) is 5.10 Å². The number of methoxy groups -OCH3 is 1. The van der Waals surface area contributed by atoms with Gasteiger partial charge in [-0.15, -0.1) is 0 Å². The van der Waals surface area contributed by atoms with E-state index in [2.05, 4.69) is 10.2 Å². The largest absolute Gasteiger partial charge is 0.497 e. The second-order valence-electron chi connectivity index (χ2n) is 5.77. The van der Waals surface area contributed by atoms with Crippen LogP contribution in [0.4, 0.5) is 0 Å². The van der Waals surface area contributed by atoms with Crippen LogP contribution in [0.5, 0.6) is 5.75 Å². The SMILES string of the molecule is COc1ccc(-c2cc(/C=C3\Cc4ccccc4C3=O)[nH]n2)cc1. The summed E-state index contributed by atoms with van der Waals surface area (Å²) < 4.78 is 5.17. The van der Waals surface area contributed by atoms with E-state index >= 15 is 0 Å². The molecule has 0 fully saturated rings. The van der Waals surface area contributed by atoms with Crippen LogP contribution in [0.3, 0.4) is 0 Å². The van der Waals surface area contributed by atoms with Crippen LogP contribution in [0, 0.1) is 0 Å². The standard InChI is InChI=1S/C20H16N2O2/c1-24-17-8-6-13(7-9-17)19-12-16(21-22-19)11-15-10-14-4-2-3-5-18(14)20(15)23/h2-9,11-12H,10H2,1H3,(H,21,22)/b15-11+. The van der Waals surface area contributed by atoms with Gasteiger partial charge in [0, 0.05) is 23.1 Å². The summed E-state index contributed by atoms with van der Waals surface area (Å²) in [5, 5.41) is 7.33. The summed E-state index contributed by atoms with van der Waals surface area (Å²) in [5.41, 5.74) is 5.35. The summed E-state index contributed by atoms with van der Waals surface area (Å²) in [6, 6.07) is 17.4. The van der Waals surface area contributed by atoms with E-state index in [1.807, 2.05) is 60.7 Å². The Hall–Kier alpha value is -3.14. The van der Waals surface area contributed by atoms with Crippen LogP contribution in [0.1, 0.15) is 21.6 Å². The summed E-state index contributed by atoms with van der Waals surface area (Å²) in [5.74, 6) is 0.914. The molecule has 1 aliphatic carbocycles. The number of aromatic nitrogens is 2. The molecular formula is C20H16N2O2. The van der Waals surface area contributed by atoms with Gasteiger partial charge in [0.05, 0.1) is 18.5 Å². The molecule has 0 radical (unpaired) electrons. The van der Waals surface area contributed by atoms with Gasteiger partial charge in [0.1, 0.15) is 5.75 Å². The van der Waals surface area contributed by atoms with Crippen molar-refractivity contribution in [2.75, 3.05) is 7.11 Å². The highest BCUT2D eigenvalue weighted by atomic mass is 16.5. The van der Waals surface area contributed by atoms with E-state index in [0.29, 0.717) is 6.42 Å². The van der Waals surface area contributed by atoms with E-state index in [0.717, 1.165) is 39.4 Å².